The summed E-state index contributed by atoms with van der Waals surface area (Å²) in [7, 11) is 0. The van der Waals surface area contributed by atoms with E-state index < -0.39 is 0 Å². The van der Waals surface area contributed by atoms with Gasteiger partial charge in [-0.2, -0.15) is 0 Å². The normalized spacial score (nSPS) is 15.7. The summed E-state index contributed by atoms with van der Waals surface area (Å²) >= 11 is 0. The van der Waals surface area contributed by atoms with Gasteiger partial charge in [0.05, 0.1) is 18.7 Å². The number of fused-ring (bicyclic) bond motifs is 1. The molecule has 1 amide bonds. The summed E-state index contributed by atoms with van der Waals surface area (Å²) in [5.74, 6) is 0.0688. The molecule has 2 aromatic rings. The number of carbonyl (C=O) groups excluding carboxylic acids is 1. The molecule has 1 aliphatic carbocycles. The minimum Gasteiger partial charge on any atom is -0.395 e. The number of carbonyl (C=O) groups is 1. The van der Waals surface area contributed by atoms with Gasteiger partial charge in [0.25, 0.3) is 0 Å². The van der Waals surface area contributed by atoms with Crippen molar-refractivity contribution in [2.24, 2.45) is 0 Å². The van der Waals surface area contributed by atoms with Crippen LogP contribution in [0.4, 0.5) is 0 Å². The maximum absolute atomic E-state index is 12.5. The molecule has 1 aliphatic rings. The summed E-state index contributed by atoms with van der Waals surface area (Å²) in [6.07, 6.45) is 8.59. The largest absolute Gasteiger partial charge is 0.395 e. The first-order valence-corrected chi connectivity index (χ1v) is 7.61. The zero-order chi connectivity index (χ0) is 14.7. The van der Waals surface area contributed by atoms with Crippen LogP contribution in [-0.4, -0.2) is 44.5 Å². The number of hydrogen-bond donors (Lipinski definition) is 1. The lowest BCUT2D eigenvalue weighted by atomic mass is 10.2. The van der Waals surface area contributed by atoms with Crippen molar-refractivity contribution in [1.82, 2.24) is 14.3 Å². The molecule has 0 spiro atoms. The molecule has 1 saturated carbocycles. The molecular formula is C16H21N3O2. The van der Waals surface area contributed by atoms with E-state index in [1.807, 2.05) is 39.9 Å². The zero-order valence-electron chi connectivity index (χ0n) is 12.1. The Hall–Kier alpha value is -1.88. The highest BCUT2D eigenvalue weighted by Gasteiger charge is 2.26. The number of amides is 1. The predicted octanol–water partition coefficient (Wildman–Crippen LogP) is 1.64. The molecule has 0 aromatic carbocycles. The van der Waals surface area contributed by atoms with Crippen LogP contribution in [-0.2, 0) is 11.2 Å². The summed E-state index contributed by atoms with van der Waals surface area (Å²) in [5.41, 5.74) is 1.64. The minimum absolute atomic E-state index is 0.0212. The van der Waals surface area contributed by atoms with Crippen LogP contribution in [0.5, 0.6) is 0 Å². The molecule has 3 rings (SSSR count). The number of hydrogen-bond acceptors (Lipinski definition) is 3. The molecule has 0 radical (unpaired) electrons. The third-order valence-electron chi connectivity index (χ3n) is 4.17. The van der Waals surface area contributed by atoms with Crippen LogP contribution in [0.3, 0.4) is 0 Å². The Balaban J connectivity index is 1.73. The molecule has 1 N–H and O–H groups in total. The summed E-state index contributed by atoms with van der Waals surface area (Å²) in [6.45, 7) is 0.449. The lowest BCUT2D eigenvalue weighted by Crippen LogP contribution is -2.41. The van der Waals surface area contributed by atoms with Crippen molar-refractivity contribution in [2.75, 3.05) is 13.2 Å². The summed E-state index contributed by atoms with van der Waals surface area (Å²) in [5, 5.41) is 9.21. The van der Waals surface area contributed by atoms with Gasteiger partial charge in [0, 0.05) is 25.0 Å². The van der Waals surface area contributed by atoms with Gasteiger partial charge in [0.15, 0.2) is 0 Å². The lowest BCUT2D eigenvalue weighted by Gasteiger charge is -2.28. The van der Waals surface area contributed by atoms with Crippen LogP contribution in [0.25, 0.3) is 5.65 Å². The Labute approximate surface area is 124 Å². The van der Waals surface area contributed by atoms with Gasteiger partial charge in [0.2, 0.25) is 5.91 Å². The van der Waals surface area contributed by atoms with Crippen molar-refractivity contribution in [3.63, 3.8) is 0 Å². The zero-order valence-corrected chi connectivity index (χ0v) is 12.1. The summed E-state index contributed by atoms with van der Waals surface area (Å²) < 4.78 is 1.93. The molecule has 0 aliphatic heterocycles. The molecule has 112 valence electrons. The van der Waals surface area contributed by atoms with Crippen LogP contribution in [0, 0.1) is 0 Å². The molecule has 2 heterocycles. The van der Waals surface area contributed by atoms with E-state index in [0.717, 1.165) is 24.2 Å². The van der Waals surface area contributed by atoms with E-state index in [2.05, 4.69) is 4.98 Å². The van der Waals surface area contributed by atoms with Crippen molar-refractivity contribution in [2.45, 2.75) is 38.1 Å². The first-order chi connectivity index (χ1) is 10.3. The van der Waals surface area contributed by atoms with E-state index in [0.29, 0.717) is 19.0 Å². The third kappa shape index (κ3) is 3.08. The van der Waals surface area contributed by atoms with E-state index in [9.17, 15) is 9.90 Å². The highest BCUT2D eigenvalue weighted by Crippen LogP contribution is 2.24. The topological polar surface area (TPSA) is 57.8 Å². The molecular weight excluding hydrogens is 266 g/mol. The fourth-order valence-corrected chi connectivity index (χ4v) is 3.16. The summed E-state index contributed by atoms with van der Waals surface area (Å²) in [6, 6.07) is 6.10. The predicted molar refractivity (Wildman–Crippen MR) is 80.0 cm³/mol. The lowest BCUT2D eigenvalue weighted by molar-refractivity contribution is -0.133. The number of nitrogens with zero attached hydrogens (tertiary/aromatic N) is 3. The van der Waals surface area contributed by atoms with Gasteiger partial charge in [-0.3, -0.25) is 4.79 Å². The second-order valence-electron chi connectivity index (χ2n) is 5.62. The van der Waals surface area contributed by atoms with Crippen LogP contribution in [0.2, 0.25) is 0 Å². The Kier molecular flexibility index (Phi) is 4.20. The van der Waals surface area contributed by atoms with Gasteiger partial charge >= 0.3 is 0 Å². The molecule has 0 atom stereocenters. The molecule has 0 bridgehead atoms. The number of aliphatic hydroxyl groups excluding tert-OH is 1. The van der Waals surface area contributed by atoms with Crippen LogP contribution in [0.1, 0.15) is 31.4 Å². The van der Waals surface area contributed by atoms with Crippen molar-refractivity contribution < 1.29 is 9.90 Å². The Morgan fingerprint density at radius 2 is 2.19 bits per heavy atom. The number of aliphatic hydroxyl groups is 1. The van der Waals surface area contributed by atoms with Crippen LogP contribution in [0.15, 0.2) is 30.6 Å². The first-order valence-electron chi connectivity index (χ1n) is 7.61. The molecule has 21 heavy (non-hydrogen) atoms. The molecule has 5 nitrogen and oxygen atoms in total. The van der Waals surface area contributed by atoms with E-state index in [4.69, 9.17) is 0 Å². The van der Waals surface area contributed by atoms with Gasteiger partial charge in [-0.1, -0.05) is 18.9 Å². The minimum atomic E-state index is 0.0212. The fraction of sp³-hybridized carbons (Fsp3) is 0.500. The highest BCUT2D eigenvalue weighted by atomic mass is 16.3. The van der Waals surface area contributed by atoms with Crippen molar-refractivity contribution >= 4 is 11.6 Å². The van der Waals surface area contributed by atoms with E-state index in [1.165, 1.54) is 12.8 Å². The van der Waals surface area contributed by atoms with Gasteiger partial charge in [-0.25, -0.2) is 4.98 Å². The maximum atomic E-state index is 12.5. The van der Waals surface area contributed by atoms with Gasteiger partial charge < -0.3 is 14.4 Å². The summed E-state index contributed by atoms with van der Waals surface area (Å²) in [4.78, 5) is 18.9. The molecule has 0 unspecified atom stereocenters. The average molecular weight is 287 g/mol. The smallest absolute Gasteiger partial charge is 0.228 e. The molecule has 0 saturated heterocycles. The standard InChI is InChI=1S/C16H21N3O2/c20-10-9-19(14-5-1-2-6-14)16(21)11-13-12-18-8-4-3-7-15(18)17-13/h3-4,7-8,12,14,20H,1-2,5-6,9-11H2. The Bertz CT molecular complexity index is 584. The number of imidazole rings is 1. The Morgan fingerprint density at radius 3 is 2.90 bits per heavy atom. The van der Waals surface area contributed by atoms with E-state index in [1.54, 1.807) is 0 Å². The number of pyridine rings is 1. The molecule has 5 heteroatoms. The monoisotopic (exact) mass is 287 g/mol. The third-order valence-corrected chi connectivity index (χ3v) is 4.17. The average Bonchev–Trinajstić information content (AvgIpc) is 3.13. The highest BCUT2D eigenvalue weighted by molar-refractivity contribution is 5.79. The van der Waals surface area contributed by atoms with Gasteiger partial charge in [-0.05, 0) is 25.0 Å². The van der Waals surface area contributed by atoms with Crippen molar-refractivity contribution in [1.29, 1.82) is 0 Å². The molecule has 1 fully saturated rings. The Morgan fingerprint density at radius 1 is 1.38 bits per heavy atom. The second-order valence-corrected chi connectivity index (χ2v) is 5.62. The van der Waals surface area contributed by atoms with Crippen molar-refractivity contribution in [3.8, 4) is 0 Å². The maximum Gasteiger partial charge on any atom is 0.228 e. The van der Waals surface area contributed by atoms with Crippen LogP contribution < -0.4 is 0 Å². The van der Waals surface area contributed by atoms with Crippen molar-refractivity contribution in [3.05, 3.63) is 36.3 Å². The fourth-order valence-electron chi connectivity index (χ4n) is 3.16. The second kappa shape index (κ2) is 6.26. The van der Waals surface area contributed by atoms with E-state index in [-0.39, 0.29) is 12.5 Å². The molecule has 2 aromatic heterocycles. The number of rotatable bonds is 5. The van der Waals surface area contributed by atoms with Gasteiger partial charge in [-0.15, -0.1) is 0 Å². The van der Waals surface area contributed by atoms with Gasteiger partial charge in [0.1, 0.15) is 5.65 Å². The number of aromatic nitrogens is 2. The first kappa shape index (κ1) is 14.1. The SMILES string of the molecule is O=C(Cc1cn2ccccc2n1)N(CCO)C1CCCC1. The quantitative estimate of drug-likeness (QED) is 0.909. The van der Waals surface area contributed by atoms with Crippen LogP contribution >= 0.6 is 0 Å². The van der Waals surface area contributed by atoms with E-state index >= 15 is 0 Å².